The third-order valence-corrected chi connectivity index (χ3v) is 3.10. The minimum atomic E-state index is -1.14. The predicted octanol–water partition coefficient (Wildman–Crippen LogP) is 2.97. The summed E-state index contributed by atoms with van der Waals surface area (Å²) in [6, 6.07) is 13.7. The maximum Gasteiger partial charge on any atom is 0.345 e. The fourth-order valence-corrected chi connectivity index (χ4v) is 2.05. The minimum absolute atomic E-state index is 0.219. The zero-order valence-corrected chi connectivity index (χ0v) is 11.9. The van der Waals surface area contributed by atoms with Crippen LogP contribution in [0.4, 0.5) is 5.69 Å². The molecule has 1 N–H and O–H groups in total. The number of nitro groups is 1. The lowest BCUT2D eigenvalue weighted by Crippen LogP contribution is -2.16. The van der Waals surface area contributed by atoms with E-state index in [1.165, 1.54) is 24.3 Å². The van der Waals surface area contributed by atoms with Gasteiger partial charge in [-0.15, -0.1) is 0 Å². The number of carboxylic acid groups (broad SMARTS) is 1. The molecule has 0 aromatic heterocycles. The molecule has 0 saturated carbocycles. The Kier molecular flexibility index (Phi) is 5.03. The van der Waals surface area contributed by atoms with Gasteiger partial charge in [-0.05, 0) is 11.6 Å². The smallest absolute Gasteiger partial charge is 0.345 e. The van der Waals surface area contributed by atoms with Gasteiger partial charge < -0.3 is 9.84 Å². The lowest BCUT2D eigenvalue weighted by molar-refractivity contribution is -0.385. The molecule has 0 aliphatic heterocycles. The fourth-order valence-electron chi connectivity index (χ4n) is 2.05. The second kappa shape index (κ2) is 7.17. The summed E-state index contributed by atoms with van der Waals surface area (Å²) in [4.78, 5) is 33.5. The van der Waals surface area contributed by atoms with E-state index in [0.29, 0.717) is 5.56 Å². The quantitative estimate of drug-likeness (QED) is 0.499. The highest BCUT2D eigenvalue weighted by Crippen LogP contribution is 2.25. The van der Waals surface area contributed by atoms with Crippen LogP contribution in [0.15, 0.2) is 54.6 Å². The van der Waals surface area contributed by atoms with Crippen LogP contribution in [0.1, 0.15) is 28.4 Å². The molecule has 0 aliphatic rings. The van der Waals surface area contributed by atoms with Crippen molar-refractivity contribution in [2.75, 3.05) is 0 Å². The Hall–Kier alpha value is -3.22. The van der Waals surface area contributed by atoms with Gasteiger partial charge in [-0.1, -0.05) is 42.5 Å². The Morgan fingerprint density at radius 2 is 1.70 bits per heavy atom. The molecule has 118 valence electrons. The van der Waals surface area contributed by atoms with Crippen molar-refractivity contribution in [2.45, 2.75) is 12.5 Å². The van der Waals surface area contributed by atoms with Crippen molar-refractivity contribution in [2.24, 2.45) is 0 Å². The first-order valence-electron chi connectivity index (χ1n) is 6.70. The molecule has 7 nitrogen and oxygen atoms in total. The number of para-hydroxylation sites is 1. The second-order valence-electron chi connectivity index (χ2n) is 4.68. The van der Waals surface area contributed by atoms with Crippen LogP contribution >= 0.6 is 0 Å². The number of esters is 1. The van der Waals surface area contributed by atoms with Crippen LogP contribution in [0.5, 0.6) is 0 Å². The molecule has 0 amide bonds. The first-order chi connectivity index (χ1) is 11.0. The Balaban J connectivity index is 2.28. The van der Waals surface area contributed by atoms with Gasteiger partial charge in [0, 0.05) is 6.07 Å². The average Bonchev–Trinajstić information content (AvgIpc) is 2.54. The zero-order valence-electron chi connectivity index (χ0n) is 11.9. The highest BCUT2D eigenvalue weighted by molar-refractivity contribution is 5.94. The number of hydrogen-bond acceptors (Lipinski definition) is 5. The van der Waals surface area contributed by atoms with Gasteiger partial charge >= 0.3 is 11.9 Å². The van der Waals surface area contributed by atoms with Crippen molar-refractivity contribution in [3.8, 4) is 0 Å². The number of carbonyl (C=O) groups excluding carboxylic acids is 1. The Morgan fingerprint density at radius 1 is 1.09 bits per heavy atom. The number of carbonyl (C=O) groups is 2. The number of rotatable bonds is 6. The molecule has 0 radical (unpaired) electrons. The largest absolute Gasteiger partial charge is 0.481 e. The molecule has 23 heavy (non-hydrogen) atoms. The lowest BCUT2D eigenvalue weighted by atomic mass is 10.1. The van der Waals surface area contributed by atoms with E-state index in [1.807, 2.05) is 0 Å². The molecule has 0 saturated heterocycles. The highest BCUT2D eigenvalue weighted by Gasteiger charge is 2.25. The SMILES string of the molecule is O=C(O)CC(OC(=O)c1ccccc1[N+](=O)[O-])c1ccccc1. The standard InChI is InChI=1S/C16H13NO6/c18-15(19)10-14(11-6-2-1-3-7-11)23-16(20)12-8-4-5-9-13(12)17(21)22/h1-9,14H,10H2,(H,18,19). The summed E-state index contributed by atoms with van der Waals surface area (Å²) in [6.45, 7) is 0. The van der Waals surface area contributed by atoms with Crippen LogP contribution in [0, 0.1) is 10.1 Å². The molecule has 2 rings (SSSR count). The van der Waals surface area contributed by atoms with E-state index < -0.39 is 29.4 Å². The molecule has 0 spiro atoms. The zero-order chi connectivity index (χ0) is 16.8. The second-order valence-corrected chi connectivity index (χ2v) is 4.68. The predicted molar refractivity (Wildman–Crippen MR) is 79.9 cm³/mol. The topological polar surface area (TPSA) is 107 Å². The summed E-state index contributed by atoms with van der Waals surface area (Å²) in [5.74, 6) is -2.08. The molecule has 0 heterocycles. The van der Waals surface area contributed by atoms with Crippen LogP contribution in [0.3, 0.4) is 0 Å². The van der Waals surface area contributed by atoms with Gasteiger partial charge in [-0.25, -0.2) is 4.79 Å². The molecule has 0 aliphatic carbocycles. The van der Waals surface area contributed by atoms with Crippen molar-refractivity contribution in [1.29, 1.82) is 0 Å². The van der Waals surface area contributed by atoms with Gasteiger partial charge in [0.25, 0.3) is 5.69 Å². The van der Waals surface area contributed by atoms with E-state index in [-0.39, 0.29) is 11.3 Å². The van der Waals surface area contributed by atoms with Crippen LogP contribution in [0.25, 0.3) is 0 Å². The van der Waals surface area contributed by atoms with Crippen molar-refractivity contribution in [1.82, 2.24) is 0 Å². The van der Waals surface area contributed by atoms with E-state index in [4.69, 9.17) is 9.84 Å². The third kappa shape index (κ3) is 4.13. The Bertz CT molecular complexity index is 728. The first kappa shape index (κ1) is 16.2. The van der Waals surface area contributed by atoms with Gasteiger partial charge in [-0.2, -0.15) is 0 Å². The van der Waals surface area contributed by atoms with Gasteiger partial charge in [0.15, 0.2) is 0 Å². The summed E-state index contributed by atoms with van der Waals surface area (Å²) >= 11 is 0. The lowest BCUT2D eigenvalue weighted by Gasteiger charge is -2.16. The normalized spacial score (nSPS) is 11.5. The van der Waals surface area contributed by atoms with Crippen LogP contribution in [0.2, 0.25) is 0 Å². The van der Waals surface area contributed by atoms with E-state index >= 15 is 0 Å². The molecule has 0 fully saturated rings. The Labute approximate surface area is 131 Å². The maximum absolute atomic E-state index is 12.2. The first-order valence-corrected chi connectivity index (χ1v) is 6.70. The molecule has 0 bridgehead atoms. The monoisotopic (exact) mass is 315 g/mol. The van der Waals surface area contributed by atoms with Crippen LogP contribution in [-0.4, -0.2) is 22.0 Å². The van der Waals surface area contributed by atoms with Gasteiger partial charge in [0.1, 0.15) is 11.7 Å². The summed E-state index contributed by atoms with van der Waals surface area (Å²) in [6.07, 6.45) is -1.46. The number of benzene rings is 2. The number of carboxylic acids is 1. The van der Waals surface area contributed by atoms with E-state index in [2.05, 4.69) is 0 Å². The number of nitro benzene ring substituents is 1. The Morgan fingerprint density at radius 3 is 2.30 bits per heavy atom. The number of ether oxygens (including phenoxy) is 1. The van der Waals surface area contributed by atoms with Gasteiger partial charge in [0.05, 0.1) is 11.3 Å². The molecular formula is C16H13NO6. The number of hydrogen-bond donors (Lipinski definition) is 1. The van der Waals surface area contributed by atoms with E-state index in [0.717, 1.165) is 0 Å². The third-order valence-electron chi connectivity index (χ3n) is 3.10. The van der Waals surface area contributed by atoms with Crippen molar-refractivity contribution in [3.63, 3.8) is 0 Å². The highest BCUT2D eigenvalue weighted by atomic mass is 16.6. The van der Waals surface area contributed by atoms with Crippen LogP contribution < -0.4 is 0 Å². The summed E-state index contributed by atoms with van der Waals surface area (Å²) in [5.41, 5.74) is -0.106. The average molecular weight is 315 g/mol. The summed E-state index contributed by atoms with van der Waals surface area (Å²) in [5, 5.41) is 19.9. The molecular weight excluding hydrogens is 302 g/mol. The van der Waals surface area contributed by atoms with Crippen molar-refractivity contribution >= 4 is 17.6 Å². The number of nitrogens with zero attached hydrogens (tertiary/aromatic N) is 1. The van der Waals surface area contributed by atoms with E-state index in [9.17, 15) is 19.7 Å². The van der Waals surface area contributed by atoms with Crippen LogP contribution in [-0.2, 0) is 9.53 Å². The van der Waals surface area contributed by atoms with Crippen molar-refractivity contribution in [3.05, 3.63) is 75.8 Å². The van der Waals surface area contributed by atoms with E-state index in [1.54, 1.807) is 30.3 Å². The molecule has 1 unspecified atom stereocenters. The minimum Gasteiger partial charge on any atom is -0.481 e. The molecule has 7 heteroatoms. The molecule has 1 atom stereocenters. The number of aliphatic carboxylic acids is 1. The molecule has 2 aromatic carbocycles. The fraction of sp³-hybridized carbons (Fsp3) is 0.125. The summed E-state index contributed by atoms with van der Waals surface area (Å²) in [7, 11) is 0. The summed E-state index contributed by atoms with van der Waals surface area (Å²) < 4.78 is 5.20. The maximum atomic E-state index is 12.2. The van der Waals surface area contributed by atoms with Gasteiger partial charge in [0.2, 0.25) is 0 Å². The van der Waals surface area contributed by atoms with Gasteiger partial charge in [-0.3, -0.25) is 14.9 Å². The molecule has 2 aromatic rings. The van der Waals surface area contributed by atoms with Crippen molar-refractivity contribution < 1.29 is 24.4 Å².